The number of aliphatic hydroxyl groups excluding tert-OH is 1. The molecule has 0 spiro atoms. The highest BCUT2D eigenvalue weighted by molar-refractivity contribution is 7.98. The summed E-state index contributed by atoms with van der Waals surface area (Å²) >= 11 is 8.25. The molecule has 3 aliphatic rings. The van der Waals surface area contributed by atoms with E-state index in [1.54, 1.807) is 53.2 Å². The summed E-state index contributed by atoms with van der Waals surface area (Å²) in [7, 11) is 0. The Balaban J connectivity index is 1.46. The van der Waals surface area contributed by atoms with Crippen LogP contribution in [0.3, 0.4) is 0 Å². The van der Waals surface area contributed by atoms with Gasteiger partial charge in [0, 0.05) is 28.8 Å². The number of aliphatic hydroxyl groups is 1. The monoisotopic (exact) mass is 671 g/mol. The average molecular weight is 672 g/mol. The topological polar surface area (TPSA) is 82.6 Å². The Morgan fingerprint density at radius 1 is 1.09 bits per heavy atom. The van der Waals surface area contributed by atoms with Crippen molar-refractivity contribution in [3.63, 3.8) is 0 Å². The SMILES string of the molecule is CC(=O)Oc1ccc(COC2=C3C(=O)N([C@H](C)C(F)(F)F)CN([C@@H]4c5ccccc5SCc5c(Cl)cccc54)N3C=CC2O)cc1. The van der Waals surface area contributed by atoms with Gasteiger partial charge in [0.05, 0.1) is 12.7 Å². The van der Waals surface area contributed by atoms with Crippen molar-refractivity contribution in [1.82, 2.24) is 14.9 Å². The molecule has 3 aromatic carbocycles. The highest BCUT2D eigenvalue weighted by atomic mass is 35.5. The number of hydrazine groups is 1. The van der Waals surface area contributed by atoms with Crippen molar-refractivity contribution >= 4 is 35.2 Å². The van der Waals surface area contributed by atoms with Crippen LogP contribution in [-0.2, 0) is 26.7 Å². The maximum absolute atomic E-state index is 14.3. The fourth-order valence-corrected chi connectivity index (χ4v) is 7.17. The average Bonchev–Trinajstić information content (AvgIpc) is 3.18. The van der Waals surface area contributed by atoms with E-state index in [2.05, 4.69) is 0 Å². The summed E-state index contributed by atoms with van der Waals surface area (Å²) in [6.45, 7) is 1.68. The molecule has 8 nitrogen and oxygen atoms in total. The second-order valence-corrected chi connectivity index (χ2v) is 12.4. The molecule has 13 heteroatoms. The number of hydrogen-bond acceptors (Lipinski definition) is 8. The molecule has 1 N–H and O–H groups in total. The molecule has 1 fully saturated rings. The second-order valence-electron chi connectivity index (χ2n) is 11.0. The number of hydrogen-bond donors (Lipinski definition) is 1. The van der Waals surface area contributed by atoms with E-state index in [0.29, 0.717) is 22.1 Å². The smallest absolute Gasteiger partial charge is 0.408 e. The van der Waals surface area contributed by atoms with Crippen LogP contribution in [0.1, 0.15) is 42.1 Å². The van der Waals surface area contributed by atoms with E-state index >= 15 is 0 Å². The van der Waals surface area contributed by atoms with Gasteiger partial charge in [0.15, 0.2) is 11.5 Å². The lowest BCUT2D eigenvalue weighted by Crippen LogP contribution is -2.62. The van der Waals surface area contributed by atoms with Crippen LogP contribution in [0.4, 0.5) is 13.2 Å². The van der Waals surface area contributed by atoms with E-state index < -0.39 is 42.9 Å². The van der Waals surface area contributed by atoms with E-state index in [4.69, 9.17) is 21.1 Å². The maximum Gasteiger partial charge on any atom is 0.408 e. The molecular formula is C33H29ClF3N3O5S. The fraction of sp³-hybridized carbons (Fsp3) is 0.273. The van der Waals surface area contributed by atoms with Crippen molar-refractivity contribution in [1.29, 1.82) is 0 Å². The summed E-state index contributed by atoms with van der Waals surface area (Å²) < 4.78 is 53.9. The Kier molecular flexibility index (Phi) is 8.81. The van der Waals surface area contributed by atoms with Gasteiger partial charge in [-0.2, -0.15) is 18.2 Å². The third kappa shape index (κ3) is 6.09. The fourth-order valence-electron chi connectivity index (χ4n) is 5.70. The van der Waals surface area contributed by atoms with Gasteiger partial charge >= 0.3 is 12.1 Å². The molecule has 0 aromatic heterocycles. The van der Waals surface area contributed by atoms with E-state index in [-0.39, 0.29) is 18.1 Å². The number of halogens is 4. The zero-order valence-electron chi connectivity index (χ0n) is 24.7. The number of rotatable bonds is 6. The number of fused-ring (bicyclic) bond motifs is 3. The van der Waals surface area contributed by atoms with Gasteiger partial charge in [0.2, 0.25) is 0 Å². The molecule has 3 heterocycles. The molecule has 6 rings (SSSR count). The van der Waals surface area contributed by atoms with Gasteiger partial charge in [-0.05, 0) is 59.5 Å². The van der Waals surface area contributed by atoms with E-state index in [9.17, 15) is 27.9 Å². The standard InChI is InChI=1S/C33H29ClF3N3O5S/c1-19(33(35,36)37)38-18-40(29-23-7-5-8-26(34)25(23)17-46-28-9-4-3-6-24(28)29)39-15-14-27(42)31(30(39)32(38)43)44-16-21-10-12-22(13-11-21)45-20(2)41/h3-15,19,27,29,42H,16-18H2,1-2H3/t19-,27?,29+/m1/s1. The molecule has 3 aromatic rings. The molecule has 3 atom stereocenters. The number of nitrogens with zero attached hydrogens (tertiary/aromatic N) is 3. The first-order valence-electron chi connectivity index (χ1n) is 14.4. The number of benzene rings is 3. The summed E-state index contributed by atoms with van der Waals surface area (Å²) in [5, 5.41) is 14.7. The van der Waals surface area contributed by atoms with E-state index in [1.807, 2.05) is 30.3 Å². The summed E-state index contributed by atoms with van der Waals surface area (Å²) in [5.74, 6) is -0.747. The van der Waals surface area contributed by atoms with Crippen LogP contribution >= 0.6 is 23.4 Å². The number of alkyl halides is 3. The first kappa shape index (κ1) is 32.0. The Hall–Kier alpha value is -3.97. The van der Waals surface area contributed by atoms with Gasteiger partial charge < -0.3 is 19.5 Å². The molecule has 1 saturated heterocycles. The van der Waals surface area contributed by atoms with Gasteiger partial charge in [-0.1, -0.05) is 54.1 Å². The maximum atomic E-state index is 14.3. The van der Waals surface area contributed by atoms with Crippen molar-refractivity contribution < 1.29 is 37.3 Å². The number of ether oxygens (including phenoxy) is 2. The van der Waals surface area contributed by atoms with Crippen LogP contribution in [0.2, 0.25) is 5.02 Å². The molecule has 0 saturated carbocycles. The van der Waals surface area contributed by atoms with Crippen molar-refractivity contribution in [2.75, 3.05) is 6.67 Å². The first-order valence-corrected chi connectivity index (χ1v) is 15.7. The van der Waals surface area contributed by atoms with Crippen molar-refractivity contribution in [3.05, 3.63) is 118 Å². The predicted octanol–water partition coefficient (Wildman–Crippen LogP) is 6.55. The number of thioether (sulfide) groups is 1. The molecule has 46 heavy (non-hydrogen) atoms. The molecule has 0 bridgehead atoms. The first-order chi connectivity index (χ1) is 21.9. The largest absolute Gasteiger partial charge is 0.488 e. The molecular weight excluding hydrogens is 643 g/mol. The van der Waals surface area contributed by atoms with Gasteiger partial charge in [-0.3, -0.25) is 14.6 Å². The molecule has 0 aliphatic carbocycles. The summed E-state index contributed by atoms with van der Waals surface area (Å²) in [4.78, 5) is 26.9. The lowest BCUT2D eigenvalue weighted by Gasteiger charge is -2.50. The highest BCUT2D eigenvalue weighted by Gasteiger charge is 2.50. The third-order valence-corrected chi connectivity index (χ3v) is 9.50. The number of esters is 1. The van der Waals surface area contributed by atoms with Crippen LogP contribution < -0.4 is 4.74 Å². The zero-order valence-corrected chi connectivity index (χ0v) is 26.3. The van der Waals surface area contributed by atoms with Crippen LogP contribution in [0.25, 0.3) is 0 Å². The lowest BCUT2D eigenvalue weighted by atomic mass is 9.94. The Morgan fingerprint density at radius 2 is 1.80 bits per heavy atom. The minimum atomic E-state index is -4.73. The van der Waals surface area contributed by atoms with Crippen molar-refractivity contribution in [2.24, 2.45) is 0 Å². The Labute approximate surface area is 272 Å². The molecule has 3 aliphatic heterocycles. The summed E-state index contributed by atoms with van der Waals surface area (Å²) in [5.41, 5.74) is 2.83. The van der Waals surface area contributed by atoms with E-state index in [1.165, 1.54) is 24.2 Å². The van der Waals surface area contributed by atoms with Gasteiger partial charge in [0.25, 0.3) is 5.91 Å². The quantitative estimate of drug-likeness (QED) is 0.234. The minimum absolute atomic E-state index is 0.124. The summed E-state index contributed by atoms with van der Waals surface area (Å²) in [6.07, 6.45) is -3.23. The van der Waals surface area contributed by atoms with Gasteiger partial charge in [0.1, 0.15) is 24.5 Å². The van der Waals surface area contributed by atoms with E-state index in [0.717, 1.165) is 33.4 Å². The normalized spacial score (nSPS) is 20.5. The van der Waals surface area contributed by atoms with Gasteiger partial charge in [-0.25, -0.2) is 0 Å². The predicted molar refractivity (Wildman–Crippen MR) is 165 cm³/mol. The third-order valence-electron chi connectivity index (χ3n) is 8.03. The van der Waals surface area contributed by atoms with Crippen LogP contribution in [0.5, 0.6) is 5.75 Å². The zero-order chi connectivity index (χ0) is 32.7. The lowest BCUT2D eigenvalue weighted by molar-refractivity contribution is -0.204. The number of carbonyl (C=O) groups is 2. The highest BCUT2D eigenvalue weighted by Crippen LogP contribution is 2.47. The molecule has 1 unspecified atom stereocenters. The van der Waals surface area contributed by atoms with Crippen LogP contribution in [-0.4, -0.2) is 56.9 Å². The van der Waals surface area contributed by atoms with Crippen LogP contribution in [0.15, 0.2) is 95.4 Å². The summed E-state index contributed by atoms with van der Waals surface area (Å²) in [6, 6.07) is 16.7. The molecule has 240 valence electrons. The number of amides is 1. The second kappa shape index (κ2) is 12.7. The number of carbonyl (C=O) groups excluding carboxylic acids is 2. The minimum Gasteiger partial charge on any atom is -0.488 e. The molecule has 1 amide bonds. The molecule has 0 radical (unpaired) electrons. The van der Waals surface area contributed by atoms with Crippen LogP contribution in [0, 0.1) is 0 Å². The Morgan fingerprint density at radius 3 is 2.52 bits per heavy atom. The van der Waals surface area contributed by atoms with Crippen molar-refractivity contribution in [2.45, 2.75) is 55.5 Å². The van der Waals surface area contributed by atoms with Gasteiger partial charge in [-0.15, -0.1) is 11.8 Å². The van der Waals surface area contributed by atoms with Crippen molar-refractivity contribution in [3.8, 4) is 5.75 Å². The Bertz CT molecular complexity index is 1730.